The lowest BCUT2D eigenvalue weighted by Gasteiger charge is -2.14. The van der Waals surface area contributed by atoms with Crippen molar-refractivity contribution in [1.82, 2.24) is 16.0 Å². The fourth-order valence-corrected chi connectivity index (χ4v) is 1.71. The second kappa shape index (κ2) is 7.87. The number of rotatable bonds is 5. The fraction of sp³-hybridized carbons (Fsp3) is 0.429. The number of hydrogen-bond donors (Lipinski definition) is 3. The van der Waals surface area contributed by atoms with Gasteiger partial charge in [-0.25, -0.2) is 4.79 Å². The van der Waals surface area contributed by atoms with Crippen molar-refractivity contribution in [2.24, 2.45) is 0 Å². The molecular weight excluding hydrogens is 278 g/mol. The van der Waals surface area contributed by atoms with Crippen LogP contribution < -0.4 is 16.0 Å². The van der Waals surface area contributed by atoms with Crippen LogP contribution in [0.5, 0.6) is 0 Å². The van der Waals surface area contributed by atoms with Gasteiger partial charge in [0.15, 0.2) is 0 Å². The second-order valence-corrected chi connectivity index (χ2v) is 5.27. The summed E-state index contributed by atoms with van der Waals surface area (Å²) >= 11 is 5.81. The molecule has 0 saturated heterocycles. The van der Waals surface area contributed by atoms with E-state index in [0.29, 0.717) is 5.02 Å². The van der Waals surface area contributed by atoms with E-state index in [-0.39, 0.29) is 24.5 Å². The molecule has 0 bridgehead atoms. The molecule has 5 nitrogen and oxygen atoms in total. The Kier molecular flexibility index (Phi) is 6.48. The molecule has 0 aliphatic carbocycles. The molecule has 0 aliphatic rings. The Hall–Kier alpha value is -1.59. The molecule has 1 rings (SSSR count). The summed E-state index contributed by atoms with van der Waals surface area (Å²) in [5.74, 6) is -0.371. The molecular formula is C14H20ClN3O2. The van der Waals surface area contributed by atoms with Crippen LogP contribution in [0.3, 0.4) is 0 Å². The van der Waals surface area contributed by atoms with Crippen molar-refractivity contribution in [3.05, 3.63) is 34.9 Å². The number of hydrogen-bond acceptors (Lipinski definition) is 3. The van der Waals surface area contributed by atoms with Crippen LogP contribution in [0.25, 0.3) is 0 Å². The van der Waals surface area contributed by atoms with Crippen LogP contribution in [0, 0.1) is 0 Å². The molecule has 0 saturated carbocycles. The summed E-state index contributed by atoms with van der Waals surface area (Å²) in [4.78, 5) is 22.9. The number of imide groups is 1. The van der Waals surface area contributed by atoms with Gasteiger partial charge < -0.3 is 10.6 Å². The van der Waals surface area contributed by atoms with Crippen molar-refractivity contribution in [3.8, 4) is 0 Å². The quantitative estimate of drug-likeness (QED) is 0.780. The largest absolute Gasteiger partial charge is 0.336 e. The van der Waals surface area contributed by atoms with E-state index < -0.39 is 6.03 Å². The average molecular weight is 298 g/mol. The topological polar surface area (TPSA) is 70.2 Å². The van der Waals surface area contributed by atoms with E-state index in [1.165, 1.54) is 0 Å². The molecule has 1 aromatic carbocycles. The van der Waals surface area contributed by atoms with Gasteiger partial charge in [-0.05, 0) is 38.5 Å². The zero-order chi connectivity index (χ0) is 15.1. The van der Waals surface area contributed by atoms with E-state index in [1.807, 2.05) is 32.9 Å². The van der Waals surface area contributed by atoms with Gasteiger partial charge in [-0.1, -0.05) is 23.7 Å². The highest BCUT2D eigenvalue weighted by Crippen LogP contribution is 2.15. The lowest BCUT2D eigenvalue weighted by atomic mass is 10.1. The predicted molar refractivity (Wildman–Crippen MR) is 79.7 cm³/mol. The fourth-order valence-electron chi connectivity index (χ4n) is 1.58. The molecule has 0 aromatic heterocycles. The molecule has 3 amide bonds. The van der Waals surface area contributed by atoms with Crippen LogP contribution in [0.2, 0.25) is 5.02 Å². The predicted octanol–water partition coefficient (Wildman–Crippen LogP) is 2.22. The summed E-state index contributed by atoms with van der Waals surface area (Å²) in [5.41, 5.74) is 1.02. The molecule has 0 unspecified atom stereocenters. The smallest absolute Gasteiger partial charge is 0.321 e. The van der Waals surface area contributed by atoms with Gasteiger partial charge in [0, 0.05) is 17.1 Å². The monoisotopic (exact) mass is 297 g/mol. The van der Waals surface area contributed by atoms with Gasteiger partial charge in [0.25, 0.3) is 0 Å². The molecule has 0 fully saturated rings. The van der Waals surface area contributed by atoms with Crippen molar-refractivity contribution < 1.29 is 9.59 Å². The van der Waals surface area contributed by atoms with Crippen LogP contribution in [-0.2, 0) is 4.79 Å². The maximum atomic E-state index is 11.6. The third-order valence-corrected chi connectivity index (χ3v) is 2.86. The Morgan fingerprint density at radius 2 is 1.75 bits per heavy atom. The summed E-state index contributed by atoms with van der Waals surface area (Å²) in [6.07, 6.45) is 0. The zero-order valence-corrected chi connectivity index (χ0v) is 12.6. The lowest BCUT2D eigenvalue weighted by molar-refractivity contribution is -0.119. The minimum Gasteiger partial charge on any atom is -0.336 e. The van der Waals surface area contributed by atoms with E-state index in [4.69, 9.17) is 11.6 Å². The Morgan fingerprint density at radius 1 is 1.15 bits per heavy atom. The third-order valence-electron chi connectivity index (χ3n) is 2.61. The highest BCUT2D eigenvalue weighted by Gasteiger charge is 2.10. The number of nitrogens with one attached hydrogen (secondary N) is 3. The zero-order valence-electron chi connectivity index (χ0n) is 11.9. The van der Waals surface area contributed by atoms with Gasteiger partial charge in [-0.15, -0.1) is 0 Å². The third kappa shape index (κ3) is 6.04. The first-order valence-electron chi connectivity index (χ1n) is 6.47. The van der Waals surface area contributed by atoms with E-state index >= 15 is 0 Å². The van der Waals surface area contributed by atoms with Gasteiger partial charge in [0.1, 0.15) is 0 Å². The van der Waals surface area contributed by atoms with Gasteiger partial charge in [-0.2, -0.15) is 0 Å². The normalized spacial score (nSPS) is 12.1. The average Bonchev–Trinajstić information content (AvgIpc) is 2.35. The molecule has 6 heteroatoms. The van der Waals surface area contributed by atoms with Crippen molar-refractivity contribution in [3.63, 3.8) is 0 Å². The molecule has 1 aromatic rings. The van der Waals surface area contributed by atoms with E-state index in [2.05, 4.69) is 16.0 Å². The summed E-state index contributed by atoms with van der Waals surface area (Å²) in [5, 5.41) is 8.55. The molecule has 20 heavy (non-hydrogen) atoms. The molecule has 0 aliphatic heterocycles. The number of halogens is 1. The number of urea groups is 1. The van der Waals surface area contributed by atoms with Crippen molar-refractivity contribution in [2.45, 2.75) is 32.9 Å². The Balaban J connectivity index is 2.37. The first-order chi connectivity index (χ1) is 9.38. The lowest BCUT2D eigenvalue weighted by Crippen LogP contribution is -2.45. The molecule has 110 valence electrons. The molecule has 1 atom stereocenters. The summed E-state index contributed by atoms with van der Waals surface area (Å²) in [6.45, 7) is 5.65. The Bertz CT molecular complexity index is 460. The van der Waals surface area contributed by atoms with E-state index in [0.717, 1.165) is 5.56 Å². The summed E-state index contributed by atoms with van der Waals surface area (Å²) in [6, 6.07) is 6.88. The Morgan fingerprint density at radius 3 is 2.30 bits per heavy atom. The molecule has 0 spiro atoms. The summed E-state index contributed by atoms with van der Waals surface area (Å²) in [7, 11) is 0. The maximum absolute atomic E-state index is 11.6. The highest BCUT2D eigenvalue weighted by molar-refractivity contribution is 6.30. The van der Waals surface area contributed by atoms with Crippen molar-refractivity contribution in [2.75, 3.05) is 6.54 Å². The van der Waals surface area contributed by atoms with Gasteiger partial charge in [-0.3, -0.25) is 10.1 Å². The number of amides is 3. The Labute approximate surface area is 124 Å². The maximum Gasteiger partial charge on any atom is 0.321 e. The number of carbonyl (C=O) groups excluding carboxylic acids is 2. The molecule has 0 radical (unpaired) electrons. The van der Waals surface area contributed by atoms with E-state index in [1.54, 1.807) is 12.1 Å². The van der Waals surface area contributed by atoms with Gasteiger partial charge in [0.2, 0.25) is 5.91 Å². The van der Waals surface area contributed by atoms with Crippen molar-refractivity contribution >= 4 is 23.5 Å². The second-order valence-electron chi connectivity index (χ2n) is 4.83. The van der Waals surface area contributed by atoms with Crippen LogP contribution in [0.15, 0.2) is 24.3 Å². The number of carbonyl (C=O) groups is 2. The van der Waals surface area contributed by atoms with Crippen LogP contribution in [0.1, 0.15) is 32.4 Å². The minimum absolute atomic E-state index is 0.00817. The number of benzene rings is 1. The first kappa shape index (κ1) is 16.5. The van der Waals surface area contributed by atoms with Crippen molar-refractivity contribution in [1.29, 1.82) is 0 Å². The molecule has 0 heterocycles. The van der Waals surface area contributed by atoms with Crippen LogP contribution >= 0.6 is 11.6 Å². The van der Waals surface area contributed by atoms with Crippen LogP contribution in [-0.4, -0.2) is 24.5 Å². The molecule has 3 N–H and O–H groups in total. The standard InChI is InChI=1S/C14H20ClN3O2/c1-9(2)17-14(20)18-13(19)8-16-10(3)11-4-6-12(15)7-5-11/h4-7,9-10,16H,8H2,1-3H3,(H2,17,18,19,20)/t10-/m1/s1. The summed E-state index contributed by atoms with van der Waals surface area (Å²) < 4.78 is 0. The highest BCUT2D eigenvalue weighted by atomic mass is 35.5. The van der Waals surface area contributed by atoms with E-state index in [9.17, 15) is 9.59 Å². The van der Waals surface area contributed by atoms with Gasteiger partial charge >= 0.3 is 6.03 Å². The minimum atomic E-state index is -0.481. The first-order valence-corrected chi connectivity index (χ1v) is 6.85. The SMILES string of the molecule is CC(C)NC(=O)NC(=O)CN[C@H](C)c1ccc(Cl)cc1. The van der Waals surface area contributed by atoms with Gasteiger partial charge in [0.05, 0.1) is 6.54 Å². The van der Waals surface area contributed by atoms with Crippen LogP contribution in [0.4, 0.5) is 4.79 Å².